The van der Waals surface area contributed by atoms with Crippen molar-refractivity contribution in [1.82, 2.24) is 0 Å². The maximum atomic E-state index is 12.9. The Hall–Kier alpha value is -1.37. The minimum absolute atomic E-state index is 0.211. The van der Waals surface area contributed by atoms with Crippen molar-refractivity contribution in [2.75, 3.05) is 18.1 Å². The third kappa shape index (κ3) is 5.56. The van der Waals surface area contributed by atoms with Crippen LogP contribution in [0.4, 0.5) is 26.3 Å². The molecule has 1 aliphatic rings. The van der Waals surface area contributed by atoms with Gasteiger partial charge in [-0.05, 0) is 12.8 Å². The van der Waals surface area contributed by atoms with E-state index in [1.54, 1.807) is 0 Å². The monoisotopic (exact) mass is 399 g/mol. The molecule has 0 N–H and O–H groups in total. The molecule has 1 rings (SSSR count). The fraction of sp³-hybridized carbons (Fsp3) is 0.833. The quantitative estimate of drug-likeness (QED) is 0.476. The lowest BCUT2D eigenvalue weighted by atomic mass is 9.97. The smallest absolute Gasteiger partial charge is 0.437 e. The van der Waals surface area contributed by atoms with Gasteiger partial charge in [0.15, 0.2) is 0 Å². The molecule has 1 fully saturated rings. The van der Waals surface area contributed by atoms with E-state index in [0.29, 0.717) is 0 Å². The molecule has 0 aromatic heterocycles. The predicted molar refractivity (Wildman–Crippen MR) is 67.4 cm³/mol. The van der Waals surface area contributed by atoms with Gasteiger partial charge in [0.05, 0.1) is 6.10 Å². The van der Waals surface area contributed by atoms with Gasteiger partial charge in [-0.3, -0.25) is 4.21 Å². The van der Waals surface area contributed by atoms with Crippen molar-refractivity contribution in [3.63, 3.8) is 0 Å². The summed E-state index contributed by atoms with van der Waals surface area (Å²) in [6.07, 6.45) is -15.3. The second-order valence-electron chi connectivity index (χ2n) is 5.20. The summed E-state index contributed by atoms with van der Waals surface area (Å²) in [5, 5.41) is 10.4. The third-order valence-corrected chi connectivity index (χ3v) is 4.75. The normalized spacial score (nSPS) is 22.5. The van der Waals surface area contributed by atoms with Gasteiger partial charge in [0.2, 0.25) is 0 Å². The summed E-state index contributed by atoms with van der Waals surface area (Å²) in [4.78, 5) is 21.8. The van der Waals surface area contributed by atoms with Crippen LogP contribution in [0, 0.1) is 0 Å². The number of halogens is 6. The average molecular weight is 399 g/mol. The summed E-state index contributed by atoms with van der Waals surface area (Å²) in [7, 11) is -1.09. The zero-order valence-electron chi connectivity index (χ0n) is 12.4. The van der Waals surface area contributed by atoms with E-state index in [2.05, 4.69) is 4.74 Å². The van der Waals surface area contributed by atoms with E-state index in [4.69, 9.17) is 4.74 Å². The number of esters is 1. The zero-order valence-corrected chi connectivity index (χ0v) is 13.3. The zero-order chi connectivity index (χ0) is 19.5. The summed E-state index contributed by atoms with van der Waals surface area (Å²) < 4.78 is 96.7. The highest BCUT2D eigenvalue weighted by Gasteiger charge is 2.74. The molecule has 0 spiro atoms. The molecular weight excluding hydrogens is 386 g/mol. The van der Waals surface area contributed by atoms with Crippen molar-refractivity contribution >= 4 is 22.7 Å². The largest absolute Gasteiger partial charge is 0.550 e. The van der Waals surface area contributed by atoms with Gasteiger partial charge in [0, 0.05) is 34.7 Å². The van der Waals surface area contributed by atoms with Gasteiger partial charge in [-0.1, -0.05) is 0 Å². The van der Waals surface area contributed by atoms with Crippen LogP contribution in [0.1, 0.15) is 19.3 Å². The maximum absolute atomic E-state index is 12.9. The molecule has 146 valence electrons. The van der Waals surface area contributed by atoms with Crippen molar-refractivity contribution in [3.05, 3.63) is 0 Å². The van der Waals surface area contributed by atoms with Crippen LogP contribution in [0.5, 0.6) is 0 Å². The van der Waals surface area contributed by atoms with Crippen molar-refractivity contribution in [2.45, 2.75) is 43.3 Å². The molecule has 25 heavy (non-hydrogen) atoms. The first-order valence-electron chi connectivity index (χ1n) is 6.80. The van der Waals surface area contributed by atoms with Crippen LogP contribution in [-0.2, 0) is 29.9 Å². The van der Waals surface area contributed by atoms with E-state index < -0.39 is 59.8 Å². The Kier molecular flexibility index (Phi) is 6.84. The van der Waals surface area contributed by atoms with E-state index >= 15 is 0 Å². The Morgan fingerprint density at radius 2 is 1.52 bits per heavy atom. The number of carbonyl (C=O) groups is 2. The highest BCUT2D eigenvalue weighted by Crippen LogP contribution is 2.48. The molecule has 0 amide bonds. The van der Waals surface area contributed by atoms with E-state index in [-0.39, 0.29) is 24.3 Å². The SMILES string of the molecule is O=C([O-])CC(OC(=O)COC1CCS(=O)CC1)(C(F)(F)F)C(F)(F)F. The first-order valence-corrected chi connectivity index (χ1v) is 8.29. The number of rotatable bonds is 6. The number of carboxylic acid groups (broad SMARTS) is 1. The standard InChI is InChI=1S/C12H14F6O6S/c13-11(14,15)10(5-8(19)20,12(16,17)18)24-9(21)6-23-7-1-3-25(22)4-2-7/h7H,1-6H2,(H,19,20)/p-1. The van der Waals surface area contributed by atoms with Crippen LogP contribution in [-0.4, -0.2) is 58.3 Å². The predicted octanol–water partition coefficient (Wildman–Crippen LogP) is 0.461. The Morgan fingerprint density at radius 1 is 1.04 bits per heavy atom. The molecule has 0 saturated carbocycles. The highest BCUT2D eigenvalue weighted by atomic mass is 32.2. The van der Waals surface area contributed by atoms with E-state index in [9.17, 15) is 45.2 Å². The number of hydrogen-bond acceptors (Lipinski definition) is 6. The van der Waals surface area contributed by atoms with E-state index in [1.807, 2.05) is 0 Å². The van der Waals surface area contributed by atoms with Gasteiger partial charge in [0.1, 0.15) is 6.61 Å². The minimum atomic E-state index is -6.23. The Balaban J connectivity index is 2.84. The summed E-state index contributed by atoms with van der Waals surface area (Å²) in [6.45, 7) is -1.24. The lowest BCUT2D eigenvalue weighted by Gasteiger charge is -2.36. The van der Waals surface area contributed by atoms with Gasteiger partial charge in [-0.2, -0.15) is 26.3 Å². The van der Waals surface area contributed by atoms with Crippen molar-refractivity contribution in [3.8, 4) is 0 Å². The van der Waals surface area contributed by atoms with Gasteiger partial charge in [-0.15, -0.1) is 0 Å². The molecule has 0 aromatic carbocycles. The summed E-state index contributed by atoms with van der Waals surface area (Å²) in [6, 6.07) is 0. The summed E-state index contributed by atoms with van der Waals surface area (Å²) in [5.74, 6) is -4.28. The highest BCUT2D eigenvalue weighted by molar-refractivity contribution is 7.85. The molecule has 0 aromatic rings. The molecule has 0 aliphatic carbocycles. The lowest BCUT2D eigenvalue weighted by molar-refractivity contribution is -0.381. The summed E-state index contributed by atoms with van der Waals surface area (Å²) in [5.41, 5.74) is -5.23. The molecular formula is C12H13F6O6S-. The van der Waals surface area contributed by atoms with Gasteiger partial charge in [-0.25, -0.2) is 4.79 Å². The Labute approximate surface area is 139 Å². The van der Waals surface area contributed by atoms with Gasteiger partial charge < -0.3 is 19.4 Å². The second-order valence-corrected chi connectivity index (χ2v) is 6.90. The number of hydrogen-bond donors (Lipinski definition) is 0. The second kappa shape index (κ2) is 7.89. The third-order valence-electron chi connectivity index (χ3n) is 3.37. The van der Waals surface area contributed by atoms with Crippen LogP contribution in [0.15, 0.2) is 0 Å². The number of alkyl halides is 6. The van der Waals surface area contributed by atoms with Crippen LogP contribution in [0.25, 0.3) is 0 Å². The first kappa shape index (κ1) is 21.7. The van der Waals surface area contributed by atoms with Gasteiger partial charge in [0.25, 0.3) is 0 Å². The molecule has 0 atom stereocenters. The van der Waals surface area contributed by atoms with Crippen LogP contribution in [0.3, 0.4) is 0 Å². The molecule has 0 radical (unpaired) electrons. The van der Waals surface area contributed by atoms with Crippen molar-refractivity contribution in [1.29, 1.82) is 0 Å². The van der Waals surface area contributed by atoms with E-state index in [0.717, 1.165) is 0 Å². The number of carbonyl (C=O) groups excluding carboxylic acids is 2. The van der Waals surface area contributed by atoms with Crippen LogP contribution < -0.4 is 5.11 Å². The fourth-order valence-corrected chi connectivity index (χ4v) is 3.32. The lowest BCUT2D eigenvalue weighted by Crippen LogP contribution is -2.62. The van der Waals surface area contributed by atoms with Gasteiger partial charge >= 0.3 is 23.9 Å². The van der Waals surface area contributed by atoms with Crippen LogP contribution in [0.2, 0.25) is 0 Å². The number of ether oxygens (including phenoxy) is 2. The molecule has 1 saturated heterocycles. The molecule has 0 unspecified atom stereocenters. The number of carboxylic acids is 1. The van der Waals surface area contributed by atoms with Crippen molar-refractivity contribution < 1.29 is 54.7 Å². The molecule has 1 aliphatic heterocycles. The molecule has 13 heteroatoms. The number of aliphatic carboxylic acids is 1. The minimum Gasteiger partial charge on any atom is -0.550 e. The summed E-state index contributed by atoms with van der Waals surface area (Å²) >= 11 is 0. The molecule has 0 bridgehead atoms. The topological polar surface area (TPSA) is 92.7 Å². The fourth-order valence-electron chi connectivity index (χ4n) is 2.06. The Morgan fingerprint density at radius 3 is 1.92 bits per heavy atom. The molecule has 6 nitrogen and oxygen atoms in total. The van der Waals surface area contributed by atoms with E-state index in [1.165, 1.54) is 0 Å². The average Bonchev–Trinajstić information content (AvgIpc) is 2.43. The molecule has 1 heterocycles. The maximum Gasteiger partial charge on any atom is 0.437 e. The van der Waals surface area contributed by atoms with Crippen molar-refractivity contribution in [2.24, 2.45) is 0 Å². The Bertz CT molecular complexity index is 507. The first-order chi connectivity index (χ1) is 11.3. The van der Waals surface area contributed by atoms with Crippen LogP contribution >= 0.6 is 0 Å².